The lowest BCUT2D eigenvalue weighted by Crippen LogP contribution is -2.53. The van der Waals surface area contributed by atoms with Gasteiger partial charge in [0.25, 0.3) is 0 Å². The number of halogens is 1. The molecule has 1 aromatic heterocycles. The highest BCUT2D eigenvalue weighted by atomic mass is 35.5. The van der Waals surface area contributed by atoms with Crippen LogP contribution in [0.3, 0.4) is 0 Å². The predicted octanol–water partition coefficient (Wildman–Crippen LogP) is 1.22. The van der Waals surface area contributed by atoms with Crippen LogP contribution in [0.15, 0.2) is 6.33 Å². The van der Waals surface area contributed by atoms with Gasteiger partial charge >= 0.3 is 0 Å². The standard InChI is InChI=1S/C11H16ClN5/c12-10-9(13)11(15-6-14-10)16-8-5-17-3-1-7(8)2-4-17/h6-8H,1-5,13H2,(H,14,15,16). The Kier molecular flexibility index (Phi) is 2.80. The quantitative estimate of drug-likeness (QED) is 0.776. The van der Waals surface area contributed by atoms with Gasteiger partial charge in [0.05, 0.1) is 0 Å². The van der Waals surface area contributed by atoms with Crippen molar-refractivity contribution >= 4 is 23.1 Å². The number of nitrogens with one attached hydrogen (secondary N) is 1. The first-order valence-electron chi connectivity index (χ1n) is 5.99. The van der Waals surface area contributed by atoms with Gasteiger partial charge in [0, 0.05) is 12.6 Å². The molecule has 0 saturated carbocycles. The van der Waals surface area contributed by atoms with E-state index in [9.17, 15) is 0 Å². The molecule has 92 valence electrons. The fraction of sp³-hybridized carbons (Fsp3) is 0.636. The lowest BCUT2D eigenvalue weighted by atomic mass is 9.84. The van der Waals surface area contributed by atoms with Gasteiger partial charge in [-0.25, -0.2) is 9.97 Å². The van der Waals surface area contributed by atoms with E-state index in [0.29, 0.717) is 22.7 Å². The molecule has 3 aliphatic heterocycles. The maximum Gasteiger partial charge on any atom is 0.157 e. The van der Waals surface area contributed by atoms with Crippen molar-refractivity contribution in [1.82, 2.24) is 14.9 Å². The third kappa shape index (κ3) is 2.05. The van der Waals surface area contributed by atoms with E-state index in [0.717, 1.165) is 12.5 Å². The number of nitrogens with zero attached hydrogens (tertiary/aromatic N) is 3. The minimum Gasteiger partial charge on any atom is -0.393 e. The normalized spacial score (nSPS) is 31.5. The van der Waals surface area contributed by atoms with Crippen LogP contribution < -0.4 is 11.1 Å². The second-order valence-electron chi connectivity index (χ2n) is 4.82. The zero-order chi connectivity index (χ0) is 11.8. The molecule has 0 aromatic carbocycles. The molecule has 2 bridgehead atoms. The maximum atomic E-state index is 5.88. The van der Waals surface area contributed by atoms with Crippen molar-refractivity contribution in [3.05, 3.63) is 11.5 Å². The predicted molar refractivity (Wildman–Crippen MR) is 68.0 cm³/mol. The first-order valence-corrected chi connectivity index (χ1v) is 6.36. The Labute approximate surface area is 105 Å². The number of nitrogen functional groups attached to an aromatic ring is 1. The van der Waals surface area contributed by atoms with Crippen LogP contribution in [-0.4, -0.2) is 40.5 Å². The van der Waals surface area contributed by atoms with Crippen LogP contribution in [0.25, 0.3) is 0 Å². The van der Waals surface area contributed by atoms with E-state index in [-0.39, 0.29) is 0 Å². The second-order valence-corrected chi connectivity index (χ2v) is 5.17. The van der Waals surface area contributed by atoms with Gasteiger partial charge in [-0.1, -0.05) is 11.6 Å². The largest absolute Gasteiger partial charge is 0.393 e. The zero-order valence-electron chi connectivity index (χ0n) is 9.56. The van der Waals surface area contributed by atoms with Gasteiger partial charge < -0.3 is 16.0 Å². The molecule has 3 N–H and O–H groups in total. The van der Waals surface area contributed by atoms with Crippen LogP contribution in [0.5, 0.6) is 0 Å². The highest BCUT2D eigenvalue weighted by Crippen LogP contribution is 2.31. The Bertz CT molecular complexity index is 416. The Morgan fingerprint density at radius 1 is 1.35 bits per heavy atom. The summed E-state index contributed by atoms with van der Waals surface area (Å²) >= 11 is 5.88. The molecular formula is C11H16ClN5. The van der Waals surface area contributed by atoms with Crippen molar-refractivity contribution in [2.75, 3.05) is 30.7 Å². The van der Waals surface area contributed by atoms with Crippen LogP contribution in [0.4, 0.5) is 11.5 Å². The lowest BCUT2D eigenvalue weighted by Gasteiger charge is -2.45. The molecule has 1 atom stereocenters. The zero-order valence-corrected chi connectivity index (χ0v) is 10.3. The lowest BCUT2D eigenvalue weighted by molar-refractivity contribution is 0.0974. The minimum atomic E-state index is 0.323. The molecule has 4 heterocycles. The van der Waals surface area contributed by atoms with Crippen molar-refractivity contribution in [2.45, 2.75) is 18.9 Å². The fourth-order valence-corrected chi connectivity index (χ4v) is 2.93. The first kappa shape index (κ1) is 11.0. The summed E-state index contributed by atoms with van der Waals surface area (Å²) in [5, 5.41) is 3.74. The summed E-state index contributed by atoms with van der Waals surface area (Å²) in [4.78, 5) is 10.5. The van der Waals surface area contributed by atoms with Crippen LogP contribution in [0, 0.1) is 5.92 Å². The second kappa shape index (κ2) is 4.31. The van der Waals surface area contributed by atoms with E-state index in [2.05, 4.69) is 20.2 Å². The molecule has 4 rings (SSSR count). The molecule has 17 heavy (non-hydrogen) atoms. The van der Waals surface area contributed by atoms with Gasteiger partial charge in [-0.05, 0) is 31.8 Å². The van der Waals surface area contributed by atoms with Gasteiger partial charge in [-0.3, -0.25) is 0 Å². The van der Waals surface area contributed by atoms with Crippen LogP contribution in [-0.2, 0) is 0 Å². The topological polar surface area (TPSA) is 67.1 Å². The van der Waals surface area contributed by atoms with E-state index in [1.165, 1.54) is 32.3 Å². The van der Waals surface area contributed by atoms with Gasteiger partial charge in [0.2, 0.25) is 0 Å². The highest BCUT2D eigenvalue weighted by molar-refractivity contribution is 6.32. The number of fused-ring (bicyclic) bond motifs is 3. The first-order chi connectivity index (χ1) is 8.24. The van der Waals surface area contributed by atoms with E-state index in [1.807, 2.05) is 0 Å². The Balaban J connectivity index is 1.76. The number of hydrogen-bond donors (Lipinski definition) is 2. The van der Waals surface area contributed by atoms with E-state index >= 15 is 0 Å². The summed E-state index contributed by atoms with van der Waals surface area (Å²) < 4.78 is 0. The third-order valence-corrected chi connectivity index (χ3v) is 4.11. The van der Waals surface area contributed by atoms with E-state index in [4.69, 9.17) is 17.3 Å². The third-order valence-electron chi connectivity index (χ3n) is 3.81. The molecule has 3 aliphatic rings. The van der Waals surface area contributed by atoms with E-state index < -0.39 is 0 Å². The van der Waals surface area contributed by atoms with Crippen molar-refractivity contribution in [3.63, 3.8) is 0 Å². The number of nitrogens with two attached hydrogens (primary N) is 1. The molecule has 5 nitrogen and oxygen atoms in total. The smallest absolute Gasteiger partial charge is 0.157 e. The molecular weight excluding hydrogens is 238 g/mol. The van der Waals surface area contributed by atoms with Gasteiger partial charge in [0.15, 0.2) is 11.0 Å². The van der Waals surface area contributed by atoms with E-state index in [1.54, 1.807) is 0 Å². The van der Waals surface area contributed by atoms with Crippen molar-refractivity contribution in [3.8, 4) is 0 Å². The summed E-state index contributed by atoms with van der Waals surface area (Å²) in [5.74, 6) is 1.40. The van der Waals surface area contributed by atoms with Gasteiger partial charge in [0.1, 0.15) is 12.0 Å². The molecule has 0 radical (unpaired) electrons. The minimum absolute atomic E-state index is 0.323. The number of anilines is 2. The highest BCUT2D eigenvalue weighted by Gasteiger charge is 2.34. The molecule has 6 heteroatoms. The number of hydrogen-bond acceptors (Lipinski definition) is 5. The van der Waals surface area contributed by atoms with Crippen molar-refractivity contribution in [1.29, 1.82) is 0 Å². The molecule has 1 unspecified atom stereocenters. The average Bonchev–Trinajstić information content (AvgIpc) is 2.36. The Morgan fingerprint density at radius 3 is 2.76 bits per heavy atom. The maximum absolute atomic E-state index is 5.88. The average molecular weight is 254 g/mol. The van der Waals surface area contributed by atoms with Crippen LogP contribution >= 0.6 is 11.6 Å². The molecule has 3 saturated heterocycles. The fourth-order valence-electron chi connectivity index (χ4n) is 2.79. The summed E-state index contributed by atoms with van der Waals surface area (Å²) in [6, 6.07) is 0.436. The SMILES string of the molecule is Nc1c(Cl)ncnc1NC1CN2CCC1CC2. The summed E-state index contributed by atoms with van der Waals surface area (Å²) in [5.41, 5.74) is 6.31. The van der Waals surface area contributed by atoms with Crippen molar-refractivity contribution < 1.29 is 0 Å². The molecule has 0 aliphatic carbocycles. The van der Waals surface area contributed by atoms with Gasteiger partial charge in [-0.2, -0.15) is 0 Å². The van der Waals surface area contributed by atoms with Crippen molar-refractivity contribution in [2.24, 2.45) is 5.92 Å². The molecule has 3 fully saturated rings. The molecule has 0 amide bonds. The number of aromatic nitrogens is 2. The summed E-state index contributed by atoms with van der Waals surface area (Å²) in [6.07, 6.45) is 3.97. The Hall–Kier alpha value is -1.07. The molecule has 1 aromatic rings. The van der Waals surface area contributed by atoms with Crippen LogP contribution in [0.2, 0.25) is 5.15 Å². The van der Waals surface area contributed by atoms with Gasteiger partial charge in [-0.15, -0.1) is 0 Å². The number of rotatable bonds is 2. The number of piperidine rings is 3. The van der Waals surface area contributed by atoms with Crippen LogP contribution in [0.1, 0.15) is 12.8 Å². The Morgan fingerprint density at radius 2 is 2.12 bits per heavy atom. The summed E-state index contributed by atoms with van der Waals surface area (Å²) in [7, 11) is 0. The monoisotopic (exact) mass is 253 g/mol. The molecule has 0 spiro atoms. The summed E-state index contributed by atoms with van der Waals surface area (Å²) in [6.45, 7) is 3.53.